The summed E-state index contributed by atoms with van der Waals surface area (Å²) < 4.78 is 45.0. The quantitative estimate of drug-likeness (QED) is 0.533. The van der Waals surface area contributed by atoms with Crippen LogP contribution in [-0.4, -0.2) is 41.4 Å². The molecule has 2 aliphatic rings. The Bertz CT molecular complexity index is 1440. The Balaban J connectivity index is 1.57. The molecule has 8 nitrogen and oxygen atoms in total. The first kappa shape index (κ1) is 22.9. The molecule has 1 aromatic carbocycles. The zero-order valence-corrected chi connectivity index (χ0v) is 20.2. The smallest absolute Gasteiger partial charge is 0.268 e. The van der Waals surface area contributed by atoms with Crippen LogP contribution in [0.2, 0.25) is 0 Å². The van der Waals surface area contributed by atoms with Gasteiger partial charge < -0.3 is 5.32 Å². The van der Waals surface area contributed by atoms with Crippen molar-refractivity contribution >= 4 is 26.5 Å². The highest BCUT2D eigenvalue weighted by molar-refractivity contribution is 7.89. The number of rotatable bonds is 7. The summed E-state index contributed by atoms with van der Waals surface area (Å²) in [5.74, 6) is 0.369. The second kappa shape index (κ2) is 8.13. The first-order chi connectivity index (χ1) is 16.0. The summed E-state index contributed by atoms with van der Waals surface area (Å²) >= 11 is 0. The molecule has 0 spiro atoms. The third kappa shape index (κ3) is 4.56. The van der Waals surface area contributed by atoms with Gasteiger partial charge in [0.25, 0.3) is 5.56 Å². The summed E-state index contributed by atoms with van der Waals surface area (Å²) in [5.41, 5.74) is 1.20. The number of hydrogen-bond donors (Lipinski definition) is 2. The van der Waals surface area contributed by atoms with E-state index in [9.17, 15) is 17.6 Å². The van der Waals surface area contributed by atoms with E-state index < -0.39 is 15.7 Å². The zero-order chi connectivity index (χ0) is 24.3. The summed E-state index contributed by atoms with van der Waals surface area (Å²) in [6.07, 6.45) is 6.47. The lowest BCUT2D eigenvalue weighted by atomic mass is 10.0. The molecule has 0 amide bonds. The lowest BCUT2D eigenvalue weighted by molar-refractivity contribution is 0.221. The molecule has 0 saturated heterocycles. The molecule has 10 heteroatoms. The molecule has 2 aromatic heterocycles. The molecule has 3 aromatic rings. The molecule has 1 fully saturated rings. The largest absolute Gasteiger partial charge is 0.380 e. The lowest BCUT2D eigenvalue weighted by Gasteiger charge is -2.18. The van der Waals surface area contributed by atoms with E-state index in [-0.39, 0.29) is 23.0 Å². The number of sulfonamides is 1. The van der Waals surface area contributed by atoms with Gasteiger partial charge in [-0.2, -0.15) is 5.10 Å². The van der Waals surface area contributed by atoms with Crippen molar-refractivity contribution in [2.75, 3.05) is 11.9 Å². The molecule has 0 aliphatic heterocycles. The van der Waals surface area contributed by atoms with E-state index in [0.717, 1.165) is 35.0 Å². The summed E-state index contributed by atoms with van der Waals surface area (Å²) in [7, 11) is -2.41. The van der Waals surface area contributed by atoms with E-state index in [0.29, 0.717) is 29.8 Å². The minimum Gasteiger partial charge on any atom is -0.380 e. The van der Waals surface area contributed by atoms with Gasteiger partial charge in [0.05, 0.1) is 16.8 Å². The standard InChI is InChI=1S/C24H28FN5O3S/c1-24(2,25)13-28-34(32,33)23-19-8-17(29-18-9-22(31)30(3)27-12-18)7-15(19)6-16-11-26-21(10-20(16)23)14-4-5-14/h6,9-12,14,17,28-29H,4-5,7-8,13H2,1-3H3. The fourth-order valence-electron chi connectivity index (χ4n) is 4.50. The van der Waals surface area contributed by atoms with Gasteiger partial charge in [0.1, 0.15) is 5.67 Å². The number of pyridine rings is 1. The SMILES string of the molecule is Cn1ncc(NC2Cc3cc4cnc(C5CC5)cc4c(S(=O)(=O)NCC(C)(C)F)c3C2)cc1=O. The van der Waals surface area contributed by atoms with Gasteiger partial charge in [-0.25, -0.2) is 22.2 Å². The van der Waals surface area contributed by atoms with E-state index in [4.69, 9.17) is 0 Å². The molecule has 2 N–H and O–H groups in total. The van der Waals surface area contributed by atoms with Gasteiger partial charge >= 0.3 is 0 Å². The van der Waals surface area contributed by atoms with Crippen LogP contribution in [-0.2, 0) is 29.9 Å². The number of alkyl halides is 1. The minimum absolute atomic E-state index is 0.108. The van der Waals surface area contributed by atoms with E-state index >= 15 is 0 Å². The Kier molecular flexibility index (Phi) is 5.48. The Hall–Kier alpha value is -2.85. The molecule has 5 rings (SSSR count). The normalized spacial score (nSPS) is 18.3. The molecule has 180 valence electrons. The predicted molar refractivity (Wildman–Crippen MR) is 128 cm³/mol. The van der Waals surface area contributed by atoms with Crippen LogP contribution < -0.4 is 15.6 Å². The van der Waals surface area contributed by atoms with Crippen LogP contribution in [0.1, 0.15) is 49.4 Å². The topological polar surface area (TPSA) is 106 Å². The number of anilines is 1. The molecule has 1 atom stereocenters. The van der Waals surface area contributed by atoms with Gasteiger partial charge in [0, 0.05) is 54.3 Å². The fraction of sp³-hybridized carbons (Fsp3) is 0.458. The minimum atomic E-state index is -3.99. The molecule has 1 unspecified atom stereocenters. The molecular formula is C24H28FN5O3S. The number of aromatic nitrogens is 3. The van der Waals surface area contributed by atoms with Crippen molar-refractivity contribution in [3.8, 4) is 0 Å². The number of benzene rings is 1. The molecule has 2 aliphatic carbocycles. The second-order valence-electron chi connectivity index (χ2n) is 9.95. The number of nitrogens with one attached hydrogen (secondary N) is 2. The lowest BCUT2D eigenvalue weighted by Crippen LogP contribution is -2.36. The third-order valence-electron chi connectivity index (χ3n) is 6.39. The summed E-state index contributed by atoms with van der Waals surface area (Å²) in [6.45, 7) is 2.37. The van der Waals surface area contributed by atoms with Crippen LogP contribution in [0.25, 0.3) is 10.8 Å². The highest BCUT2D eigenvalue weighted by Crippen LogP contribution is 2.42. The van der Waals surface area contributed by atoms with Gasteiger partial charge in [0.15, 0.2) is 0 Å². The zero-order valence-electron chi connectivity index (χ0n) is 19.4. The molecular weight excluding hydrogens is 457 g/mol. The number of nitrogens with zero attached hydrogens (tertiary/aromatic N) is 3. The van der Waals surface area contributed by atoms with Crippen LogP contribution in [0.4, 0.5) is 10.1 Å². The van der Waals surface area contributed by atoms with Crippen molar-refractivity contribution in [3.05, 3.63) is 57.8 Å². The highest BCUT2D eigenvalue weighted by Gasteiger charge is 2.33. The first-order valence-electron chi connectivity index (χ1n) is 11.4. The molecule has 0 bridgehead atoms. The van der Waals surface area contributed by atoms with Gasteiger partial charge in [-0.1, -0.05) is 0 Å². The molecule has 34 heavy (non-hydrogen) atoms. The van der Waals surface area contributed by atoms with Crippen molar-refractivity contribution in [3.63, 3.8) is 0 Å². The maximum atomic E-state index is 14.2. The predicted octanol–water partition coefficient (Wildman–Crippen LogP) is 2.81. The van der Waals surface area contributed by atoms with Crippen LogP contribution in [0.15, 0.2) is 40.3 Å². The summed E-state index contributed by atoms with van der Waals surface area (Å²) in [6, 6.07) is 5.24. The van der Waals surface area contributed by atoms with E-state index in [2.05, 4.69) is 20.1 Å². The number of aryl methyl sites for hydroxylation is 1. The van der Waals surface area contributed by atoms with Crippen LogP contribution in [0.5, 0.6) is 0 Å². The maximum absolute atomic E-state index is 14.2. The fourth-order valence-corrected chi connectivity index (χ4v) is 6.18. The summed E-state index contributed by atoms with van der Waals surface area (Å²) in [4.78, 5) is 16.7. The average Bonchev–Trinajstić information content (AvgIpc) is 3.53. The highest BCUT2D eigenvalue weighted by atomic mass is 32.2. The van der Waals surface area contributed by atoms with Crippen molar-refractivity contribution in [2.45, 2.75) is 62.1 Å². The Morgan fingerprint density at radius 2 is 1.94 bits per heavy atom. The molecule has 1 saturated carbocycles. The maximum Gasteiger partial charge on any atom is 0.268 e. The molecule has 2 heterocycles. The number of fused-ring (bicyclic) bond motifs is 2. The first-order valence-corrected chi connectivity index (χ1v) is 12.9. The second-order valence-corrected chi connectivity index (χ2v) is 11.7. The third-order valence-corrected chi connectivity index (χ3v) is 7.92. The van der Waals surface area contributed by atoms with Crippen molar-refractivity contribution in [1.82, 2.24) is 19.5 Å². The van der Waals surface area contributed by atoms with Gasteiger partial charge in [0.2, 0.25) is 10.0 Å². The Morgan fingerprint density at radius 3 is 2.62 bits per heavy atom. The number of halogens is 1. The van der Waals surface area contributed by atoms with Gasteiger partial charge in [-0.05, 0) is 62.8 Å². The average molecular weight is 486 g/mol. The van der Waals surface area contributed by atoms with Crippen LogP contribution >= 0.6 is 0 Å². The van der Waals surface area contributed by atoms with Crippen LogP contribution in [0, 0.1) is 0 Å². The monoisotopic (exact) mass is 485 g/mol. The van der Waals surface area contributed by atoms with E-state index in [1.54, 1.807) is 19.4 Å². The number of hydrogen-bond acceptors (Lipinski definition) is 6. The Morgan fingerprint density at radius 1 is 1.18 bits per heavy atom. The van der Waals surface area contributed by atoms with E-state index in [1.165, 1.54) is 24.6 Å². The van der Waals surface area contributed by atoms with Crippen molar-refractivity contribution in [1.29, 1.82) is 0 Å². The van der Waals surface area contributed by atoms with Crippen molar-refractivity contribution < 1.29 is 12.8 Å². The molecule has 0 radical (unpaired) electrons. The summed E-state index contributed by atoms with van der Waals surface area (Å²) in [5, 5.41) is 8.73. The van der Waals surface area contributed by atoms with Crippen LogP contribution in [0.3, 0.4) is 0 Å². The van der Waals surface area contributed by atoms with Gasteiger partial charge in [-0.15, -0.1) is 0 Å². The Labute approximate surface area is 197 Å². The van der Waals surface area contributed by atoms with Gasteiger partial charge in [-0.3, -0.25) is 9.78 Å². The van der Waals surface area contributed by atoms with Crippen molar-refractivity contribution in [2.24, 2.45) is 7.05 Å². The van der Waals surface area contributed by atoms with E-state index in [1.807, 2.05) is 12.1 Å².